The maximum atomic E-state index is 12.9. The molecule has 1 unspecified atom stereocenters. The SMILES string of the molecule is CNC(=S)C(C)(CCC(F)(F)F)S(=O)(=O)CCC(F)(F)C(F)(F)F. The van der Waals surface area contributed by atoms with Crippen LogP contribution in [0, 0.1) is 0 Å². The monoisotopic (exact) mass is 409 g/mol. The van der Waals surface area contributed by atoms with Crippen molar-refractivity contribution in [2.75, 3.05) is 12.8 Å². The Bertz CT molecular complexity index is 555. The molecule has 0 radical (unpaired) electrons. The highest BCUT2D eigenvalue weighted by Gasteiger charge is 2.58. The van der Waals surface area contributed by atoms with Gasteiger partial charge >= 0.3 is 18.3 Å². The standard InChI is InChI=1S/C11H15F8NO2S2/c1-8(7(23)20-2,3-4-10(14,15)16)24(21,22)6-5-9(12,13)11(17,18)19/h3-6H2,1-2H3,(H,20,23). The van der Waals surface area contributed by atoms with E-state index in [-0.39, 0.29) is 0 Å². The molecule has 0 aliphatic heterocycles. The summed E-state index contributed by atoms with van der Waals surface area (Å²) in [6.07, 6.45) is -15.5. The summed E-state index contributed by atoms with van der Waals surface area (Å²) in [5.74, 6) is -6.96. The Morgan fingerprint density at radius 3 is 1.75 bits per heavy atom. The lowest BCUT2D eigenvalue weighted by atomic mass is 10.0. The molecule has 0 amide bonds. The number of sulfone groups is 1. The highest BCUT2D eigenvalue weighted by Crippen LogP contribution is 2.40. The van der Waals surface area contributed by atoms with Gasteiger partial charge < -0.3 is 5.32 Å². The van der Waals surface area contributed by atoms with E-state index in [1.165, 1.54) is 0 Å². The molecule has 0 aliphatic carbocycles. The summed E-state index contributed by atoms with van der Waals surface area (Å²) < 4.78 is 121. The molecule has 13 heteroatoms. The van der Waals surface area contributed by atoms with E-state index in [2.05, 4.69) is 17.5 Å². The fourth-order valence-electron chi connectivity index (χ4n) is 1.68. The molecule has 0 fully saturated rings. The number of alkyl halides is 8. The first-order valence-corrected chi connectivity index (χ1v) is 8.41. The molecule has 0 aromatic rings. The first-order chi connectivity index (χ1) is 10.4. The fraction of sp³-hybridized carbons (Fsp3) is 0.909. The van der Waals surface area contributed by atoms with Gasteiger partial charge in [0.05, 0.1) is 10.7 Å². The van der Waals surface area contributed by atoms with Crippen LogP contribution in [-0.4, -0.2) is 49.2 Å². The summed E-state index contributed by atoms with van der Waals surface area (Å²) in [6.45, 7) is 0.763. The van der Waals surface area contributed by atoms with Crippen LogP contribution in [0.5, 0.6) is 0 Å². The summed E-state index contributed by atoms with van der Waals surface area (Å²) in [4.78, 5) is -0.595. The third kappa shape index (κ3) is 5.67. The van der Waals surface area contributed by atoms with Gasteiger partial charge in [0.2, 0.25) is 0 Å². The quantitative estimate of drug-likeness (QED) is 0.515. The van der Waals surface area contributed by atoms with Gasteiger partial charge in [0.15, 0.2) is 9.84 Å². The molecule has 24 heavy (non-hydrogen) atoms. The van der Waals surface area contributed by atoms with Crippen molar-refractivity contribution < 1.29 is 43.5 Å². The number of hydrogen-bond acceptors (Lipinski definition) is 3. The van der Waals surface area contributed by atoms with Crippen LogP contribution in [0.3, 0.4) is 0 Å². The van der Waals surface area contributed by atoms with Crippen LogP contribution in [0.4, 0.5) is 35.1 Å². The average molecular weight is 409 g/mol. The normalized spacial score (nSPS) is 16.6. The minimum absolute atomic E-state index is 0.595. The first kappa shape index (κ1) is 23.3. The molecule has 0 heterocycles. The fourth-order valence-corrected chi connectivity index (χ4v) is 3.94. The van der Waals surface area contributed by atoms with Gasteiger partial charge in [-0.3, -0.25) is 0 Å². The molecule has 1 atom stereocenters. The van der Waals surface area contributed by atoms with Crippen molar-refractivity contribution in [1.29, 1.82) is 0 Å². The summed E-state index contributed by atoms with van der Waals surface area (Å²) in [7, 11) is -3.73. The van der Waals surface area contributed by atoms with Crippen molar-refractivity contribution in [1.82, 2.24) is 5.32 Å². The van der Waals surface area contributed by atoms with E-state index in [0.717, 1.165) is 14.0 Å². The van der Waals surface area contributed by atoms with E-state index in [0.29, 0.717) is 0 Å². The van der Waals surface area contributed by atoms with Crippen molar-refractivity contribution in [3.05, 3.63) is 0 Å². The minimum atomic E-state index is -5.96. The average Bonchev–Trinajstić information content (AvgIpc) is 2.39. The zero-order chi connectivity index (χ0) is 19.6. The van der Waals surface area contributed by atoms with Gasteiger partial charge in [-0.05, 0) is 13.3 Å². The van der Waals surface area contributed by atoms with E-state index in [1.807, 2.05) is 0 Å². The van der Waals surface area contributed by atoms with Crippen molar-refractivity contribution in [3.8, 4) is 0 Å². The largest absolute Gasteiger partial charge is 0.453 e. The van der Waals surface area contributed by atoms with Crippen LogP contribution in [0.15, 0.2) is 0 Å². The van der Waals surface area contributed by atoms with E-state index in [4.69, 9.17) is 0 Å². The number of halogens is 8. The number of thiocarbonyl (C=S) groups is 1. The van der Waals surface area contributed by atoms with Crippen LogP contribution in [0.1, 0.15) is 26.2 Å². The number of nitrogens with one attached hydrogen (secondary N) is 1. The van der Waals surface area contributed by atoms with Crippen LogP contribution >= 0.6 is 12.2 Å². The predicted octanol–water partition coefficient (Wildman–Crippen LogP) is 3.64. The molecule has 144 valence electrons. The molecule has 0 saturated carbocycles. The molecule has 0 aromatic heterocycles. The summed E-state index contributed by atoms with van der Waals surface area (Å²) >= 11 is 4.64. The second-order valence-corrected chi connectivity index (χ2v) is 8.14. The molecular formula is C11H15F8NO2S2. The molecule has 0 aliphatic rings. The Kier molecular flexibility index (Phi) is 7.04. The molecule has 0 saturated heterocycles. The van der Waals surface area contributed by atoms with Gasteiger partial charge in [0.25, 0.3) is 0 Å². The Morgan fingerprint density at radius 2 is 1.42 bits per heavy atom. The van der Waals surface area contributed by atoms with Gasteiger partial charge in [-0.15, -0.1) is 0 Å². The van der Waals surface area contributed by atoms with Crippen LogP contribution in [-0.2, 0) is 9.84 Å². The van der Waals surface area contributed by atoms with Crippen molar-refractivity contribution in [2.24, 2.45) is 0 Å². The molecule has 0 rings (SSSR count). The zero-order valence-electron chi connectivity index (χ0n) is 12.5. The van der Waals surface area contributed by atoms with E-state index in [1.54, 1.807) is 0 Å². The van der Waals surface area contributed by atoms with Gasteiger partial charge in [-0.1, -0.05) is 12.2 Å². The van der Waals surface area contributed by atoms with Gasteiger partial charge in [0.1, 0.15) is 4.75 Å². The van der Waals surface area contributed by atoms with E-state index < -0.39 is 62.9 Å². The molecule has 3 nitrogen and oxygen atoms in total. The van der Waals surface area contributed by atoms with Crippen LogP contribution < -0.4 is 5.32 Å². The summed E-state index contributed by atoms with van der Waals surface area (Å²) in [5.41, 5.74) is 0. The Hall–Kier alpha value is -0.720. The molecule has 0 spiro atoms. The second-order valence-electron chi connectivity index (χ2n) is 5.20. The summed E-state index contributed by atoms with van der Waals surface area (Å²) in [5, 5.41) is 2.15. The molecule has 1 N–H and O–H groups in total. The lowest BCUT2D eigenvalue weighted by Crippen LogP contribution is -2.50. The van der Waals surface area contributed by atoms with Gasteiger partial charge in [-0.2, -0.15) is 35.1 Å². The lowest BCUT2D eigenvalue weighted by molar-refractivity contribution is -0.282. The Balaban J connectivity index is 5.51. The Morgan fingerprint density at radius 1 is 0.958 bits per heavy atom. The van der Waals surface area contributed by atoms with E-state index in [9.17, 15) is 43.5 Å². The predicted molar refractivity (Wildman–Crippen MR) is 74.8 cm³/mol. The highest BCUT2D eigenvalue weighted by atomic mass is 32.2. The summed E-state index contributed by atoms with van der Waals surface area (Å²) in [6, 6.07) is 0. The lowest BCUT2D eigenvalue weighted by Gasteiger charge is -2.31. The number of hydrogen-bond donors (Lipinski definition) is 1. The maximum Gasteiger partial charge on any atom is 0.453 e. The molecular weight excluding hydrogens is 394 g/mol. The third-order valence-electron chi connectivity index (χ3n) is 3.38. The maximum absolute atomic E-state index is 12.9. The van der Waals surface area contributed by atoms with Gasteiger partial charge in [-0.25, -0.2) is 8.42 Å². The van der Waals surface area contributed by atoms with Crippen molar-refractivity contribution in [3.63, 3.8) is 0 Å². The topological polar surface area (TPSA) is 46.2 Å². The third-order valence-corrected chi connectivity index (χ3v) is 6.69. The zero-order valence-corrected chi connectivity index (χ0v) is 14.1. The first-order valence-electron chi connectivity index (χ1n) is 6.35. The smallest absolute Gasteiger partial charge is 0.381 e. The second kappa shape index (κ2) is 7.26. The van der Waals surface area contributed by atoms with E-state index >= 15 is 0 Å². The molecule has 0 bridgehead atoms. The van der Waals surface area contributed by atoms with Gasteiger partial charge in [0, 0.05) is 19.9 Å². The minimum Gasteiger partial charge on any atom is -0.381 e. The van der Waals surface area contributed by atoms with Crippen molar-refractivity contribution in [2.45, 2.75) is 49.2 Å². The Labute approximate surface area is 138 Å². The van der Waals surface area contributed by atoms with Crippen molar-refractivity contribution >= 4 is 27.0 Å². The van der Waals surface area contributed by atoms with Crippen LogP contribution in [0.2, 0.25) is 0 Å². The highest BCUT2D eigenvalue weighted by molar-refractivity contribution is 7.95. The van der Waals surface area contributed by atoms with Crippen LogP contribution in [0.25, 0.3) is 0 Å². The molecule has 0 aromatic carbocycles. The number of rotatable bonds is 7.